The van der Waals surface area contributed by atoms with Crippen LogP contribution in [0.25, 0.3) is 0 Å². The second-order valence-electron chi connectivity index (χ2n) is 16.9. The van der Waals surface area contributed by atoms with Crippen LogP contribution in [0.3, 0.4) is 0 Å². The zero-order valence-electron chi connectivity index (χ0n) is 38.4. The Bertz CT molecular complexity index is 1000. The highest BCUT2D eigenvalue weighted by molar-refractivity contribution is 5.77. The number of ether oxygens (including phenoxy) is 1. The molecule has 3 atom stereocenters. The fraction of sp³-hybridized carbons (Fsp3) is 0.808. The van der Waals surface area contributed by atoms with Crippen molar-refractivity contribution in [3.63, 3.8) is 0 Å². The minimum Gasteiger partial charge on any atom is -0.462 e. The number of aliphatic hydroxyl groups excluding tert-OH is 2. The van der Waals surface area contributed by atoms with Crippen LogP contribution in [0.1, 0.15) is 245 Å². The molecular formula is C52H95NO5. The Balaban J connectivity index is 4.67. The highest BCUT2D eigenvalue weighted by Gasteiger charge is 2.24. The lowest BCUT2D eigenvalue weighted by molar-refractivity contribution is -0.151. The van der Waals surface area contributed by atoms with Crippen molar-refractivity contribution in [1.82, 2.24) is 5.32 Å². The Labute approximate surface area is 359 Å². The van der Waals surface area contributed by atoms with Crippen LogP contribution in [0.5, 0.6) is 0 Å². The summed E-state index contributed by atoms with van der Waals surface area (Å²) in [6.07, 6.45) is 54.5. The van der Waals surface area contributed by atoms with Gasteiger partial charge in [-0.15, -0.1) is 0 Å². The van der Waals surface area contributed by atoms with Crippen molar-refractivity contribution >= 4 is 11.9 Å². The molecule has 0 aromatic carbocycles. The third-order valence-electron chi connectivity index (χ3n) is 11.2. The van der Waals surface area contributed by atoms with Crippen molar-refractivity contribution in [3.8, 4) is 0 Å². The average Bonchev–Trinajstić information content (AvgIpc) is 3.22. The summed E-state index contributed by atoms with van der Waals surface area (Å²) in [7, 11) is 0. The average molecular weight is 814 g/mol. The van der Waals surface area contributed by atoms with Gasteiger partial charge in [0.15, 0.2) is 0 Å². The quantitative estimate of drug-likeness (QED) is 0.0246. The number of hydrogen-bond donors (Lipinski definition) is 3. The first-order valence-electron chi connectivity index (χ1n) is 24.9. The molecule has 0 rings (SSSR count). The van der Waals surface area contributed by atoms with Gasteiger partial charge in [0.05, 0.1) is 25.2 Å². The number of unbranched alkanes of at least 4 members (excludes halogenated alkanes) is 26. The van der Waals surface area contributed by atoms with Gasteiger partial charge in [-0.05, 0) is 70.6 Å². The maximum absolute atomic E-state index is 13.2. The first-order valence-corrected chi connectivity index (χ1v) is 24.9. The van der Waals surface area contributed by atoms with Gasteiger partial charge in [-0.1, -0.05) is 211 Å². The van der Waals surface area contributed by atoms with Crippen LogP contribution in [0.4, 0.5) is 0 Å². The summed E-state index contributed by atoms with van der Waals surface area (Å²) in [6.45, 7) is 6.41. The molecule has 0 aromatic rings. The summed E-state index contributed by atoms with van der Waals surface area (Å²) >= 11 is 0. The number of esters is 1. The normalized spacial score (nSPS) is 13.7. The molecule has 0 radical (unpaired) electrons. The Hall–Kier alpha value is -2.18. The Morgan fingerprint density at radius 3 is 1.43 bits per heavy atom. The molecule has 0 aliphatic carbocycles. The summed E-state index contributed by atoms with van der Waals surface area (Å²) in [5, 5.41) is 23.7. The molecule has 0 aliphatic heterocycles. The molecule has 3 N–H and O–H groups in total. The Kier molecular flexibility index (Phi) is 44.2. The molecule has 0 spiro atoms. The third-order valence-corrected chi connectivity index (χ3v) is 11.2. The van der Waals surface area contributed by atoms with E-state index in [-0.39, 0.29) is 24.9 Å². The van der Waals surface area contributed by atoms with E-state index >= 15 is 0 Å². The molecule has 0 heterocycles. The highest BCUT2D eigenvalue weighted by atomic mass is 16.5. The summed E-state index contributed by atoms with van der Waals surface area (Å²) in [5.74, 6) is -0.516. The summed E-state index contributed by atoms with van der Waals surface area (Å²) in [5.41, 5.74) is 0. The van der Waals surface area contributed by atoms with Gasteiger partial charge in [-0.2, -0.15) is 0 Å². The van der Waals surface area contributed by atoms with E-state index in [1.165, 1.54) is 122 Å². The highest BCUT2D eigenvalue weighted by Crippen LogP contribution is 2.17. The number of amides is 1. The second kappa shape index (κ2) is 45.9. The minimum absolute atomic E-state index is 0.0519. The van der Waals surface area contributed by atoms with Crippen LogP contribution in [0.2, 0.25) is 0 Å². The van der Waals surface area contributed by atoms with Gasteiger partial charge >= 0.3 is 5.97 Å². The van der Waals surface area contributed by atoms with Crippen molar-refractivity contribution in [2.75, 3.05) is 6.61 Å². The molecule has 58 heavy (non-hydrogen) atoms. The number of carbonyl (C=O) groups excluding carboxylic acids is 2. The number of rotatable bonds is 44. The van der Waals surface area contributed by atoms with E-state index in [1.807, 2.05) is 0 Å². The molecule has 0 fully saturated rings. The monoisotopic (exact) mass is 814 g/mol. The molecule has 6 heteroatoms. The molecule has 0 bridgehead atoms. The van der Waals surface area contributed by atoms with Gasteiger partial charge in [0.1, 0.15) is 6.10 Å². The topological polar surface area (TPSA) is 95.9 Å². The lowest BCUT2D eigenvalue weighted by Gasteiger charge is -2.24. The van der Waals surface area contributed by atoms with Crippen molar-refractivity contribution in [3.05, 3.63) is 48.6 Å². The molecule has 0 aliphatic rings. The first-order chi connectivity index (χ1) is 28.5. The van der Waals surface area contributed by atoms with Crippen LogP contribution in [-0.4, -0.2) is 46.9 Å². The van der Waals surface area contributed by atoms with Crippen LogP contribution in [0.15, 0.2) is 48.6 Å². The van der Waals surface area contributed by atoms with Gasteiger partial charge in [-0.25, -0.2) is 0 Å². The Morgan fingerprint density at radius 1 is 0.500 bits per heavy atom. The van der Waals surface area contributed by atoms with E-state index in [4.69, 9.17) is 4.74 Å². The molecule has 0 saturated heterocycles. The standard InChI is InChI=1S/C52H95NO5/c1-4-7-10-13-16-19-22-24-25-26-27-29-31-34-37-40-43-48(58-52(57)45-42-39-36-33-28-21-18-15-12-9-6-3)46-51(56)53-49(47-54)50(55)44-41-38-35-32-30-23-20-17-14-11-8-5-2/h15,18,22,24-27,29,48-50,54-55H,4-14,16-17,19-21,23,28,30-47H2,1-3H3,(H,53,56)/b18-15-,24-22+,26-25+,29-27+. The number of nitrogens with one attached hydrogen (secondary N) is 1. The van der Waals surface area contributed by atoms with E-state index in [0.29, 0.717) is 19.3 Å². The fourth-order valence-corrected chi connectivity index (χ4v) is 7.35. The maximum atomic E-state index is 13.2. The number of allylic oxidation sites excluding steroid dienone is 8. The molecule has 3 unspecified atom stereocenters. The summed E-state index contributed by atoms with van der Waals surface area (Å²) in [4.78, 5) is 26.0. The lowest BCUT2D eigenvalue weighted by Crippen LogP contribution is -2.46. The lowest BCUT2D eigenvalue weighted by atomic mass is 10.0. The van der Waals surface area contributed by atoms with Crippen molar-refractivity contribution in [1.29, 1.82) is 0 Å². The zero-order valence-corrected chi connectivity index (χ0v) is 38.4. The van der Waals surface area contributed by atoms with E-state index in [9.17, 15) is 19.8 Å². The second-order valence-corrected chi connectivity index (χ2v) is 16.9. The minimum atomic E-state index is -0.797. The number of carbonyl (C=O) groups is 2. The predicted molar refractivity (Wildman–Crippen MR) is 250 cm³/mol. The van der Waals surface area contributed by atoms with Crippen molar-refractivity contribution in [2.24, 2.45) is 0 Å². The van der Waals surface area contributed by atoms with Gasteiger partial charge in [0.2, 0.25) is 5.91 Å². The molecule has 1 amide bonds. The maximum Gasteiger partial charge on any atom is 0.306 e. The number of aliphatic hydroxyl groups is 2. The van der Waals surface area contributed by atoms with Crippen LogP contribution in [-0.2, 0) is 14.3 Å². The Morgan fingerprint density at radius 2 is 0.914 bits per heavy atom. The predicted octanol–water partition coefficient (Wildman–Crippen LogP) is 14.7. The number of hydrogen-bond acceptors (Lipinski definition) is 5. The molecule has 0 aromatic heterocycles. The van der Waals surface area contributed by atoms with Crippen LogP contribution in [0, 0.1) is 0 Å². The largest absolute Gasteiger partial charge is 0.462 e. The first kappa shape index (κ1) is 55.8. The van der Waals surface area contributed by atoms with Crippen LogP contribution < -0.4 is 5.32 Å². The third kappa shape index (κ3) is 40.6. The SMILES string of the molecule is CCCC/C=C\CCCCCCCC(=O)OC(CCCCC/C=C/C=C/C=C/CCCCCCC)CC(=O)NC(CO)C(O)CCCCCCCCCCCCCC. The van der Waals surface area contributed by atoms with E-state index in [0.717, 1.165) is 77.0 Å². The van der Waals surface area contributed by atoms with Gasteiger partial charge in [0, 0.05) is 6.42 Å². The van der Waals surface area contributed by atoms with Gasteiger partial charge < -0.3 is 20.3 Å². The van der Waals surface area contributed by atoms with Crippen LogP contribution >= 0.6 is 0 Å². The van der Waals surface area contributed by atoms with Gasteiger partial charge in [-0.3, -0.25) is 9.59 Å². The smallest absolute Gasteiger partial charge is 0.306 e. The summed E-state index contributed by atoms with van der Waals surface area (Å²) in [6, 6.07) is -0.713. The van der Waals surface area contributed by atoms with Crippen molar-refractivity contribution in [2.45, 2.75) is 264 Å². The van der Waals surface area contributed by atoms with Gasteiger partial charge in [0.25, 0.3) is 0 Å². The van der Waals surface area contributed by atoms with E-state index < -0.39 is 18.2 Å². The summed E-state index contributed by atoms with van der Waals surface area (Å²) < 4.78 is 5.90. The molecule has 338 valence electrons. The van der Waals surface area contributed by atoms with E-state index in [1.54, 1.807) is 0 Å². The fourth-order valence-electron chi connectivity index (χ4n) is 7.35. The molecule has 0 saturated carbocycles. The molecular weight excluding hydrogens is 719 g/mol. The zero-order chi connectivity index (χ0) is 42.4. The molecule has 6 nitrogen and oxygen atoms in total. The van der Waals surface area contributed by atoms with E-state index in [2.05, 4.69) is 74.7 Å². The van der Waals surface area contributed by atoms with Crippen molar-refractivity contribution < 1.29 is 24.5 Å².